The van der Waals surface area contributed by atoms with Gasteiger partial charge >= 0.3 is 0 Å². The van der Waals surface area contributed by atoms with Crippen molar-refractivity contribution in [3.05, 3.63) is 105 Å². The van der Waals surface area contributed by atoms with Crippen molar-refractivity contribution in [2.24, 2.45) is 0 Å². The van der Waals surface area contributed by atoms with Crippen LogP contribution < -0.4 is 10.2 Å². The van der Waals surface area contributed by atoms with Crippen molar-refractivity contribution in [1.29, 1.82) is 5.26 Å². The molecule has 0 radical (unpaired) electrons. The first-order chi connectivity index (χ1) is 16.4. The third kappa shape index (κ3) is 5.17. The van der Waals surface area contributed by atoms with Crippen molar-refractivity contribution in [3.8, 4) is 6.07 Å². The average molecular weight is 488 g/mol. The Morgan fingerprint density at radius 1 is 1.00 bits per heavy atom. The fourth-order valence-corrected chi connectivity index (χ4v) is 5.02. The first-order valence-electron chi connectivity index (χ1n) is 10.7. The van der Waals surface area contributed by atoms with Gasteiger partial charge in [0, 0.05) is 16.4 Å². The first kappa shape index (κ1) is 23.6. The summed E-state index contributed by atoms with van der Waals surface area (Å²) in [5.41, 5.74) is 4.23. The highest BCUT2D eigenvalue weighted by Crippen LogP contribution is 2.42. The number of thioether (sulfide) groups is 1. The molecule has 170 valence electrons. The van der Waals surface area contributed by atoms with Gasteiger partial charge in [0.15, 0.2) is 0 Å². The molecule has 1 N–H and O–H groups in total. The molecule has 0 aliphatic carbocycles. The van der Waals surface area contributed by atoms with Gasteiger partial charge in [-0.15, -0.1) is 0 Å². The molecule has 1 atom stereocenters. The number of carbonyl (C=O) groups is 2. The number of benzene rings is 3. The predicted molar refractivity (Wildman–Crippen MR) is 138 cm³/mol. The summed E-state index contributed by atoms with van der Waals surface area (Å²) >= 11 is 7.18. The van der Waals surface area contributed by atoms with E-state index < -0.39 is 11.2 Å². The van der Waals surface area contributed by atoms with E-state index in [9.17, 15) is 14.9 Å². The average Bonchev–Trinajstić information content (AvgIpc) is 3.13. The number of aryl methyl sites for hydroxylation is 2. The lowest BCUT2D eigenvalue weighted by Crippen LogP contribution is -2.30. The maximum absolute atomic E-state index is 13.5. The smallest absolute Gasteiger partial charge is 0.269 e. The number of hydrogen-bond acceptors (Lipinski definition) is 4. The molecule has 1 aliphatic rings. The Kier molecular flexibility index (Phi) is 7.06. The Labute approximate surface area is 208 Å². The highest BCUT2D eigenvalue weighted by atomic mass is 35.5. The van der Waals surface area contributed by atoms with Crippen LogP contribution in [-0.4, -0.2) is 17.1 Å². The lowest BCUT2D eigenvalue weighted by Gasteiger charge is -2.19. The van der Waals surface area contributed by atoms with E-state index in [1.54, 1.807) is 24.3 Å². The Bertz CT molecular complexity index is 1290. The lowest BCUT2D eigenvalue weighted by molar-refractivity contribution is -0.117. The largest absolute Gasteiger partial charge is 0.321 e. The SMILES string of the molecule is Cc1ccc(C[C@@H]2S/C(=C(/C#N)C(=O)Nc3ccc(Cl)cc3)N(c3ccc(C)cc3)C2=O)cc1. The van der Waals surface area contributed by atoms with Crippen molar-refractivity contribution in [3.63, 3.8) is 0 Å². The van der Waals surface area contributed by atoms with Gasteiger partial charge in [0.1, 0.15) is 16.7 Å². The van der Waals surface area contributed by atoms with Gasteiger partial charge < -0.3 is 5.32 Å². The Balaban J connectivity index is 1.71. The molecule has 0 saturated carbocycles. The van der Waals surface area contributed by atoms with E-state index in [2.05, 4.69) is 5.32 Å². The number of nitrogens with zero attached hydrogens (tertiary/aromatic N) is 2. The summed E-state index contributed by atoms with van der Waals surface area (Å²) in [5, 5.41) is 13.1. The summed E-state index contributed by atoms with van der Waals surface area (Å²) in [7, 11) is 0. The summed E-state index contributed by atoms with van der Waals surface area (Å²) in [6.45, 7) is 3.97. The number of hydrogen-bond donors (Lipinski definition) is 1. The molecular formula is C27H22ClN3O2S. The Morgan fingerprint density at radius 3 is 2.18 bits per heavy atom. The van der Waals surface area contributed by atoms with Crippen LogP contribution in [0.25, 0.3) is 0 Å². The normalized spacial score (nSPS) is 16.8. The molecule has 0 unspecified atom stereocenters. The summed E-state index contributed by atoms with van der Waals surface area (Å²) in [6, 6.07) is 24.1. The number of nitriles is 1. The quantitative estimate of drug-likeness (QED) is 0.352. The number of halogens is 1. The molecule has 1 heterocycles. The molecule has 1 saturated heterocycles. The van der Waals surface area contributed by atoms with Gasteiger partial charge in [-0.1, -0.05) is 70.9 Å². The third-order valence-corrected chi connectivity index (χ3v) is 6.96. The van der Waals surface area contributed by atoms with Crippen LogP contribution in [0.3, 0.4) is 0 Å². The van der Waals surface area contributed by atoms with Crippen molar-refractivity contribution in [2.75, 3.05) is 10.2 Å². The van der Waals surface area contributed by atoms with Gasteiger partial charge in [-0.3, -0.25) is 14.5 Å². The van der Waals surface area contributed by atoms with E-state index in [0.717, 1.165) is 16.7 Å². The van der Waals surface area contributed by atoms with Crippen LogP contribution in [0.1, 0.15) is 16.7 Å². The molecule has 3 aromatic rings. The van der Waals surface area contributed by atoms with E-state index >= 15 is 0 Å². The minimum absolute atomic E-state index is 0.111. The minimum atomic E-state index is -0.576. The second kappa shape index (κ2) is 10.2. The molecule has 34 heavy (non-hydrogen) atoms. The lowest BCUT2D eigenvalue weighted by atomic mass is 10.1. The molecule has 7 heteroatoms. The molecule has 3 aromatic carbocycles. The standard InChI is InChI=1S/C27H22ClN3O2S/c1-17-3-7-19(8-4-17)15-24-26(33)31(22-13-5-18(2)6-14-22)27(34-24)23(16-29)25(32)30-21-11-9-20(28)10-12-21/h3-14,24H,15H2,1-2H3,(H,30,32)/b27-23-/t24-/m0/s1. The molecule has 5 nitrogen and oxygen atoms in total. The van der Waals surface area contributed by atoms with E-state index in [1.807, 2.05) is 68.4 Å². The number of rotatable bonds is 5. The van der Waals surface area contributed by atoms with Crippen LogP contribution in [0.4, 0.5) is 11.4 Å². The molecule has 1 fully saturated rings. The maximum Gasteiger partial charge on any atom is 0.269 e. The van der Waals surface area contributed by atoms with Crippen molar-refractivity contribution in [2.45, 2.75) is 25.5 Å². The van der Waals surface area contributed by atoms with E-state index in [4.69, 9.17) is 11.6 Å². The first-order valence-corrected chi connectivity index (χ1v) is 12.0. The molecule has 2 amide bonds. The van der Waals surface area contributed by atoms with Crippen LogP contribution in [0.5, 0.6) is 0 Å². The zero-order chi connectivity index (χ0) is 24.2. The van der Waals surface area contributed by atoms with Crippen LogP contribution in [-0.2, 0) is 16.0 Å². The van der Waals surface area contributed by atoms with Gasteiger partial charge in [0.05, 0.1) is 5.25 Å². The maximum atomic E-state index is 13.5. The van der Waals surface area contributed by atoms with Gasteiger partial charge in [-0.25, -0.2) is 0 Å². The monoisotopic (exact) mass is 487 g/mol. The van der Waals surface area contributed by atoms with Gasteiger partial charge in [0.2, 0.25) is 5.91 Å². The van der Waals surface area contributed by atoms with E-state index in [0.29, 0.717) is 27.8 Å². The van der Waals surface area contributed by atoms with Crippen LogP contribution in [0.15, 0.2) is 83.4 Å². The fourth-order valence-electron chi connectivity index (χ4n) is 3.58. The summed E-state index contributed by atoms with van der Waals surface area (Å²) in [6.07, 6.45) is 0.493. The number of anilines is 2. The molecule has 1 aliphatic heterocycles. The predicted octanol–water partition coefficient (Wildman–Crippen LogP) is 6.02. The van der Waals surface area contributed by atoms with Crippen molar-refractivity contribution >= 4 is 46.6 Å². The molecule has 0 bridgehead atoms. The van der Waals surface area contributed by atoms with Gasteiger partial charge in [-0.2, -0.15) is 5.26 Å². The summed E-state index contributed by atoms with van der Waals surface area (Å²) in [5.74, 6) is -0.732. The van der Waals surface area contributed by atoms with Crippen LogP contribution in [0.2, 0.25) is 5.02 Å². The third-order valence-electron chi connectivity index (χ3n) is 5.44. The minimum Gasteiger partial charge on any atom is -0.321 e. The zero-order valence-electron chi connectivity index (χ0n) is 18.7. The van der Waals surface area contributed by atoms with Crippen molar-refractivity contribution in [1.82, 2.24) is 0 Å². The van der Waals surface area contributed by atoms with Crippen LogP contribution in [0, 0.1) is 25.2 Å². The number of nitrogens with one attached hydrogen (secondary N) is 1. The second-order valence-corrected chi connectivity index (χ2v) is 9.69. The topological polar surface area (TPSA) is 73.2 Å². The number of amides is 2. The molecule has 0 aromatic heterocycles. The van der Waals surface area contributed by atoms with Gasteiger partial charge in [-0.05, 0) is 62.2 Å². The second-order valence-electron chi connectivity index (χ2n) is 8.06. The molecule has 4 rings (SSSR count). The number of carbonyl (C=O) groups excluding carboxylic acids is 2. The Hall–Kier alpha value is -3.53. The van der Waals surface area contributed by atoms with Gasteiger partial charge in [0.25, 0.3) is 5.91 Å². The molecule has 0 spiro atoms. The summed E-state index contributed by atoms with van der Waals surface area (Å²) in [4.78, 5) is 28.1. The van der Waals surface area contributed by atoms with E-state index in [-0.39, 0.29) is 11.5 Å². The van der Waals surface area contributed by atoms with E-state index in [1.165, 1.54) is 16.7 Å². The zero-order valence-corrected chi connectivity index (χ0v) is 20.3. The highest BCUT2D eigenvalue weighted by molar-refractivity contribution is 8.05. The summed E-state index contributed by atoms with van der Waals surface area (Å²) < 4.78 is 0. The van der Waals surface area contributed by atoms with Crippen LogP contribution >= 0.6 is 23.4 Å². The highest BCUT2D eigenvalue weighted by Gasteiger charge is 2.40. The Morgan fingerprint density at radius 2 is 1.59 bits per heavy atom. The fraction of sp³-hybridized carbons (Fsp3) is 0.148. The van der Waals surface area contributed by atoms with Crippen molar-refractivity contribution < 1.29 is 9.59 Å². The molecular weight excluding hydrogens is 466 g/mol.